The van der Waals surface area contributed by atoms with Crippen LogP contribution in [-0.4, -0.2) is 67.1 Å². The molecule has 8 heteroatoms. The Balaban J connectivity index is 1.19. The molecular formula is C22H33N7O. The van der Waals surface area contributed by atoms with Crippen LogP contribution in [0, 0.1) is 5.92 Å². The van der Waals surface area contributed by atoms with Gasteiger partial charge in [-0.1, -0.05) is 6.92 Å². The molecule has 0 N–H and O–H groups in total. The molecule has 2 aliphatic heterocycles. The largest absolute Gasteiger partial charge is 0.343 e. The first-order chi connectivity index (χ1) is 14.7. The SMILES string of the molecule is CC1CCN(Cc2nnnn2CCCC(=O)N2CCC(c3ccncc3)CC2)CC1. The minimum atomic E-state index is 0.253. The van der Waals surface area contributed by atoms with Gasteiger partial charge >= 0.3 is 0 Å². The zero-order valence-electron chi connectivity index (χ0n) is 18.0. The Labute approximate surface area is 178 Å². The van der Waals surface area contributed by atoms with Gasteiger partial charge in [-0.05, 0) is 85.2 Å². The van der Waals surface area contributed by atoms with Crippen LogP contribution in [0.4, 0.5) is 0 Å². The number of pyridine rings is 1. The lowest BCUT2D eigenvalue weighted by Gasteiger charge is -2.32. The Bertz CT molecular complexity index is 793. The number of tetrazole rings is 1. The number of carbonyl (C=O) groups excluding carboxylic acids is 1. The van der Waals surface area contributed by atoms with Crippen LogP contribution < -0.4 is 0 Å². The van der Waals surface area contributed by atoms with Gasteiger partial charge in [0.05, 0.1) is 6.54 Å². The van der Waals surface area contributed by atoms with Crippen molar-refractivity contribution in [2.24, 2.45) is 5.92 Å². The average Bonchev–Trinajstić information content (AvgIpc) is 3.23. The van der Waals surface area contributed by atoms with Crippen LogP contribution in [0.25, 0.3) is 0 Å². The monoisotopic (exact) mass is 411 g/mol. The molecule has 0 atom stereocenters. The van der Waals surface area contributed by atoms with Crippen molar-refractivity contribution in [2.45, 2.75) is 64.5 Å². The van der Waals surface area contributed by atoms with Crippen molar-refractivity contribution in [1.82, 2.24) is 35.0 Å². The van der Waals surface area contributed by atoms with E-state index in [4.69, 9.17) is 0 Å². The summed E-state index contributed by atoms with van der Waals surface area (Å²) in [4.78, 5) is 21.2. The van der Waals surface area contributed by atoms with E-state index in [0.29, 0.717) is 18.9 Å². The van der Waals surface area contributed by atoms with Crippen molar-refractivity contribution >= 4 is 5.91 Å². The third-order valence-electron chi connectivity index (χ3n) is 6.63. The maximum Gasteiger partial charge on any atom is 0.222 e. The molecule has 1 amide bonds. The zero-order valence-corrected chi connectivity index (χ0v) is 18.0. The zero-order chi connectivity index (χ0) is 20.8. The van der Waals surface area contributed by atoms with Crippen molar-refractivity contribution < 1.29 is 4.79 Å². The fraction of sp³-hybridized carbons (Fsp3) is 0.682. The smallest absolute Gasteiger partial charge is 0.222 e. The van der Waals surface area contributed by atoms with Crippen LogP contribution in [0.1, 0.15) is 62.8 Å². The lowest BCUT2D eigenvalue weighted by atomic mass is 9.90. The van der Waals surface area contributed by atoms with Gasteiger partial charge in [-0.25, -0.2) is 4.68 Å². The van der Waals surface area contributed by atoms with E-state index in [9.17, 15) is 4.79 Å². The van der Waals surface area contributed by atoms with Gasteiger partial charge in [-0.15, -0.1) is 5.10 Å². The number of nitrogens with zero attached hydrogens (tertiary/aromatic N) is 7. The second-order valence-corrected chi connectivity index (χ2v) is 8.82. The van der Waals surface area contributed by atoms with Gasteiger partial charge in [0.2, 0.25) is 5.91 Å². The molecule has 0 aliphatic carbocycles. The quantitative estimate of drug-likeness (QED) is 0.696. The Morgan fingerprint density at radius 1 is 1.07 bits per heavy atom. The van der Waals surface area contributed by atoms with E-state index in [0.717, 1.165) is 63.7 Å². The van der Waals surface area contributed by atoms with Crippen LogP contribution in [-0.2, 0) is 17.9 Å². The van der Waals surface area contributed by atoms with Crippen LogP contribution in [0.5, 0.6) is 0 Å². The maximum atomic E-state index is 12.6. The minimum Gasteiger partial charge on any atom is -0.343 e. The minimum absolute atomic E-state index is 0.253. The van der Waals surface area contributed by atoms with E-state index >= 15 is 0 Å². The van der Waals surface area contributed by atoms with E-state index in [1.807, 2.05) is 22.0 Å². The summed E-state index contributed by atoms with van der Waals surface area (Å²) in [6.07, 6.45) is 9.58. The molecule has 2 aromatic heterocycles. The standard InChI is InChI=1S/C22H33N7O/c1-18-6-13-27(14-7-18)17-21-24-25-26-29(21)12-2-3-22(30)28-15-8-20(9-16-28)19-4-10-23-11-5-19/h4-5,10-11,18,20H,2-3,6-9,12-17H2,1H3. The van der Waals surface area contributed by atoms with E-state index in [-0.39, 0.29) is 5.91 Å². The summed E-state index contributed by atoms with van der Waals surface area (Å²) in [5, 5.41) is 12.2. The summed E-state index contributed by atoms with van der Waals surface area (Å²) >= 11 is 0. The third kappa shape index (κ3) is 5.41. The Morgan fingerprint density at radius 3 is 2.53 bits per heavy atom. The van der Waals surface area contributed by atoms with Crippen molar-refractivity contribution in [3.63, 3.8) is 0 Å². The molecule has 2 aromatic rings. The molecule has 162 valence electrons. The second kappa shape index (κ2) is 10.1. The number of aryl methyl sites for hydroxylation is 1. The molecule has 30 heavy (non-hydrogen) atoms. The lowest BCUT2D eigenvalue weighted by Crippen LogP contribution is -2.38. The molecule has 0 saturated carbocycles. The number of hydrogen-bond acceptors (Lipinski definition) is 6. The summed E-state index contributed by atoms with van der Waals surface area (Å²) in [5.41, 5.74) is 1.34. The van der Waals surface area contributed by atoms with Crippen molar-refractivity contribution in [3.05, 3.63) is 35.9 Å². The topological polar surface area (TPSA) is 80.0 Å². The van der Waals surface area contributed by atoms with Gasteiger partial charge < -0.3 is 4.90 Å². The molecule has 4 heterocycles. The molecule has 0 spiro atoms. The molecule has 4 rings (SSSR count). The van der Waals surface area contributed by atoms with Crippen molar-refractivity contribution in [3.8, 4) is 0 Å². The molecule has 2 aliphatic rings. The maximum absolute atomic E-state index is 12.6. The first-order valence-corrected chi connectivity index (χ1v) is 11.3. The molecule has 0 bridgehead atoms. The number of likely N-dealkylation sites (tertiary alicyclic amines) is 2. The highest BCUT2D eigenvalue weighted by atomic mass is 16.2. The van der Waals surface area contributed by atoms with Crippen molar-refractivity contribution in [2.75, 3.05) is 26.2 Å². The highest BCUT2D eigenvalue weighted by Crippen LogP contribution is 2.27. The normalized spacial score (nSPS) is 19.3. The molecule has 2 saturated heterocycles. The number of amides is 1. The van der Waals surface area contributed by atoms with Gasteiger partial charge in [-0.2, -0.15) is 0 Å². The van der Waals surface area contributed by atoms with E-state index in [2.05, 4.69) is 44.5 Å². The number of aromatic nitrogens is 5. The van der Waals surface area contributed by atoms with E-state index < -0.39 is 0 Å². The van der Waals surface area contributed by atoms with Crippen LogP contribution >= 0.6 is 0 Å². The number of carbonyl (C=O) groups is 1. The Hall–Kier alpha value is -2.35. The van der Waals surface area contributed by atoms with Gasteiger partial charge in [0.1, 0.15) is 0 Å². The first-order valence-electron chi connectivity index (χ1n) is 11.3. The summed E-state index contributed by atoms with van der Waals surface area (Å²) in [5.74, 6) is 2.52. The van der Waals surface area contributed by atoms with E-state index in [1.54, 1.807) is 0 Å². The fourth-order valence-electron chi connectivity index (χ4n) is 4.57. The van der Waals surface area contributed by atoms with Gasteiger partial charge in [0.15, 0.2) is 5.82 Å². The predicted octanol–water partition coefficient (Wildman–Crippen LogP) is 2.49. The molecule has 2 fully saturated rings. The second-order valence-electron chi connectivity index (χ2n) is 8.82. The average molecular weight is 412 g/mol. The third-order valence-corrected chi connectivity index (χ3v) is 6.63. The molecule has 0 radical (unpaired) electrons. The number of piperidine rings is 2. The van der Waals surface area contributed by atoms with Crippen LogP contribution in [0.2, 0.25) is 0 Å². The highest BCUT2D eigenvalue weighted by molar-refractivity contribution is 5.76. The Morgan fingerprint density at radius 2 is 1.80 bits per heavy atom. The predicted molar refractivity (Wildman–Crippen MR) is 114 cm³/mol. The van der Waals surface area contributed by atoms with Gasteiger partial charge in [-0.3, -0.25) is 14.7 Å². The van der Waals surface area contributed by atoms with Crippen LogP contribution in [0.15, 0.2) is 24.5 Å². The number of hydrogen-bond donors (Lipinski definition) is 0. The van der Waals surface area contributed by atoms with Crippen LogP contribution in [0.3, 0.4) is 0 Å². The number of rotatable bonds is 7. The first kappa shape index (κ1) is 20.9. The summed E-state index contributed by atoms with van der Waals surface area (Å²) in [6, 6.07) is 4.19. The highest BCUT2D eigenvalue weighted by Gasteiger charge is 2.24. The summed E-state index contributed by atoms with van der Waals surface area (Å²) in [7, 11) is 0. The fourth-order valence-corrected chi connectivity index (χ4v) is 4.57. The van der Waals surface area contributed by atoms with Gasteiger partial charge in [0, 0.05) is 38.4 Å². The van der Waals surface area contributed by atoms with E-state index in [1.165, 1.54) is 18.4 Å². The van der Waals surface area contributed by atoms with Crippen molar-refractivity contribution in [1.29, 1.82) is 0 Å². The van der Waals surface area contributed by atoms with Gasteiger partial charge in [0.25, 0.3) is 0 Å². The lowest BCUT2D eigenvalue weighted by molar-refractivity contribution is -0.132. The summed E-state index contributed by atoms with van der Waals surface area (Å²) < 4.78 is 1.88. The molecule has 0 unspecified atom stereocenters. The summed E-state index contributed by atoms with van der Waals surface area (Å²) in [6.45, 7) is 7.73. The molecular weight excluding hydrogens is 378 g/mol. The Kier molecular flexibility index (Phi) is 7.04. The molecule has 8 nitrogen and oxygen atoms in total. The molecule has 0 aromatic carbocycles.